The van der Waals surface area contributed by atoms with Gasteiger partial charge < -0.3 is 9.05 Å². The largest absolute Gasteiger partial charge is 0.328 e. The number of rotatable bonds is 4. The predicted octanol–water partition coefficient (Wildman–Crippen LogP) is 10.6. The van der Waals surface area contributed by atoms with Crippen molar-refractivity contribution in [3.63, 3.8) is 0 Å². The van der Waals surface area contributed by atoms with E-state index in [2.05, 4.69) is 116 Å². The van der Waals surface area contributed by atoms with Gasteiger partial charge in [0.1, 0.15) is 0 Å². The maximum Gasteiger partial charge on any atom is 0.0702 e. The average molecular weight is 545 g/mol. The van der Waals surface area contributed by atoms with Gasteiger partial charge in [-0.15, -0.1) is 0 Å². The number of hydrogen-bond donors (Lipinski definition) is 0. The van der Waals surface area contributed by atoms with Crippen molar-refractivity contribution in [2.45, 2.75) is 80.4 Å². The molecule has 2 aromatic carbocycles. The summed E-state index contributed by atoms with van der Waals surface area (Å²) in [5, 5.41) is 5.61. The van der Waals surface area contributed by atoms with E-state index in [0.717, 1.165) is 12.8 Å². The molecule has 0 spiro atoms. The van der Waals surface area contributed by atoms with Crippen molar-refractivity contribution in [2.75, 3.05) is 0 Å². The molecule has 2 unspecified atom stereocenters. The van der Waals surface area contributed by atoms with Gasteiger partial charge in [-0.2, -0.15) is 0 Å². The number of fused-ring (bicyclic) bond motifs is 3. The van der Waals surface area contributed by atoms with Crippen molar-refractivity contribution >= 4 is 15.5 Å². The average Bonchev–Trinajstić information content (AvgIpc) is 3.29. The fourth-order valence-electron chi connectivity index (χ4n) is 5.78. The molecule has 0 fully saturated rings. The summed E-state index contributed by atoms with van der Waals surface area (Å²) in [6, 6.07) is 21.9. The van der Waals surface area contributed by atoms with Gasteiger partial charge in [0, 0.05) is 36.7 Å². The van der Waals surface area contributed by atoms with Gasteiger partial charge in [0.25, 0.3) is 0 Å². The fourth-order valence-corrected chi connectivity index (χ4v) is 11.8. The number of hydrogen-bond acceptors (Lipinski definition) is 2. The minimum absolute atomic E-state index is 0.202. The van der Waals surface area contributed by atoms with E-state index >= 15 is 0 Å². The summed E-state index contributed by atoms with van der Waals surface area (Å²) < 4.78 is 14.7. The third-order valence-corrected chi connectivity index (χ3v) is 13.5. The van der Waals surface area contributed by atoms with Gasteiger partial charge in [-0.3, -0.25) is 0 Å². The predicted molar refractivity (Wildman–Crippen MR) is 167 cm³/mol. The van der Waals surface area contributed by atoms with Crippen LogP contribution in [0.2, 0.25) is 0 Å². The van der Waals surface area contributed by atoms with E-state index in [4.69, 9.17) is 9.05 Å². The molecule has 0 amide bonds. The monoisotopic (exact) mass is 544 g/mol. The van der Waals surface area contributed by atoms with Gasteiger partial charge in [0.15, 0.2) is 0 Å². The molecule has 3 heterocycles. The van der Waals surface area contributed by atoms with E-state index in [1.807, 2.05) is 0 Å². The maximum absolute atomic E-state index is 7.33. The Balaban J connectivity index is 1.88. The zero-order valence-electron chi connectivity index (χ0n) is 24.2. The third kappa shape index (κ3) is 4.87. The molecule has 200 valence electrons. The first-order valence-corrected chi connectivity index (χ1v) is 16.6. The second-order valence-corrected chi connectivity index (χ2v) is 15.0. The van der Waals surface area contributed by atoms with Crippen LogP contribution in [0.5, 0.6) is 0 Å². The minimum Gasteiger partial charge on any atom is -0.328 e. The summed E-state index contributed by atoms with van der Waals surface area (Å²) >= 11 is 0. The van der Waals surface area contributed by atoms with Crippen molar-refractivity contribution in [1.82, 2.24) is 0 Å². The van der Waals surface area contributed by atoms with E-state index in [-0.39, 0.29) is 12.2 Å². The van der Waals surface area contributed by atoms with Crippen LogP contribution >= 0.6 is 15.5 Å². The smallest absolute Gasteiger partial charge is 0.0702 e. The zero-order valence-corrected chi connectivity index (χ0v) is 26.0. The molecule has 0 saturated carbocycles. The molecule has 2 nitrogen and oxygen atoms in total. The summed E-state index contributed by atoms with van der Waals surface area (Å²) in [4.78, 5) is 0. The molecule has 5 rings (SSSR count). The van der Waals surface area contributed by atoms with E-state index in [1.165, 1.54) is 54.6 Å². The Morgan fingerprint density at radius 2 is 0.842 bits per heavy atom. The Bertz CT molecular complexity index is 1300. The van der Waals surface area contributed by atoms with Crippen LogP contribution in [0.4, 0.5) is 0 Å². The summed E-state index contributed by atoms with van der Waals surface area (Å²) in [5.41, 5.74) is 8.10. The Morgan fingerprint density at radius 1 is 0.526 bits per heavy atom. The molecule has 4 heteroatoms. The Kier molecular flexibility index (Phi) is 8.09. The SMILES string of the molecule is Cc1c(C)c2p(c1-c1ccccc1)O[C@H](C(C)C)CC[C@@H](C(C)C)Op1c(-c3ccccc3)c(C)c(C)c1-2. The second kappa shape index (κ2) is 11.2. The van der Waals surface area contributed by atoms with Crippen molar-refractivity contribution in [1.29, 1.82) is 0 Å². The summed E-state index contributed by atoms with van der Waals surface area (Å²) in [6.07, 6.45) is 2.45. The highest BCUT2D eigenvalue weighted by atomic mass is 31.1. The maximum atomic E-state index is 7.33. The molecule has 4 atom stereocenters. The van der Waals surface area contributed by atoms with Gasteiger partial charge in [-0.25, -0.2) is 0 Å². The molecule has 0 saturated heterocycles. The van der Waals surface area contributed by atoms with Gasteiger partial charge in [0.05, 0.1) is 12.2 Å². The normalized spacial score (nSPS) is 19.0. The van der Waals surface area contributed by atoms with Gasteiger partial charge in [0.2, 0.25) is 0 Å². The van der Waals surface area contributed by atoms with Gasteiger partial charge in [-0.05, 0) is 85.8 Å². The van der Waals surface area contributed by atoms with Crippen LogP contribution in [0.25, 0.3) is 32.3 Å². The summed E-state index contributed by atoms with van der Waals surface area (Å²) in [7, 11) is -1.93. The molecule has 38 heavy (non-hydrogen) atoms. The van der Waals surface area contributed by atoms with E-state index < -0.39 is 15.5 Å². The molecule has 1 aliphatic rings. The highest BCUT2D eigenvalue weighted by Gasteiger charge is 2.34. The van der Waals surface area contributed by atoms with Crippen LogP contribution in [0.15, 0.2) is 60.7 Å². The molecule has 0 aliphatic carbocycles. The topological polar surface area (TPSA) is 18.5 Å². The summed E-state index contributed by atoms with van der Waals surface area (Å²) in [6.45, 7) is 18.5. The van der Waals surface area contributed by atoms with Crippen LogP contribution in [0.1, 0.15) is 62.8 Å². The highest BCUT2D eigenvalue weighted by molar-refractivity contribution is 7.57. The van der Waals surface area contributed by atoms with Crippen LogP contribution in [-0.4, -0.2) is 12.2 Å². The van der Waals surface area contributed by atoms with Crippen molar-refractivity contribution in [3.8, 4) is 32.3 Å². The van der Waals surface area contributed by atoms with Crippen LogP contribution < -0.4 is 9.05 Å². The first-order valence-electron chi connectivity index (χ1n) is 14.1. The lowest BCUT2D eigenvalue weighted by Crippen LogP contribution is -2.29. The van der Waals surface area contributed by atoms with Crippen LogP contribution in [0, 0.1) is 39.5 Å². The lowest BCUT2D eigenvalue weighted by molar-refractivity contribution is 0.151. The third-order valence-electron chi connectivity index (χ3n) is 8.38. The van der Waals surface area contributed by atoms with Crippen LogP contribution in [0.3, 0.4) is 0 Å². The van der Waals surface area contributed by atoms with E-state index in [1.54, 1.807) is 0 Å². The fraction of sp³-hybridized carbons (Fsp3) is 0.412. The first-order chi connectivity index (χ1) is 18.2. The highest BCUT2D eigenvalue weighted by Crippen LogP contribution is 2.63. The molecular weight excluding hydrogens is 502 g/mol. The quantitative estimate of drug-likeness (QED) is 0.254. The Morgan fingerprint density at radius 3 is 1.16 bits per heavy atom. The summed E-state index contributed by atoms with van der Waals surface area (Å²) in [5.74, 6) is 0.897. The van der Waals surface area contributed by atoms with Gasteiger partial charge >= 0.3 is 0 Å². The molecular formula is C34H42O2P2. The molecule has 0 radical (unpaired) electrons. The van der Waals surface area contributed by atoms with E-state index in [0.29, 0.717) is 11.8 Å². The molecule has 4 aromatic rings. The van der Waals surface area contributed by atoms with Crippen molar-refractivity contribution < 1.29 is 9.05 Å². The molecule has 2 aromatic heterocycles. The lowest BCUT2D eigenvalue weighted by atomic mass is 9.96. The van der Waals surface area contributed by atoms with Gasteiger partial charge in [-0.1, -0.05) is 88.4 Å². The minimum atomic E-state index is -0.966. The lowest BCUT2D eigenvalue weighted by Gasteiger charge is -2.30. The second-order valence-electron chi connectivity index (χ2n) is 11.6. The number of benzene rings is 2. The molecule has 1 aliphatic heterocycles. The Hall–Kier alpha value is -2.08. The van der Waals surface area contributed by atoms with E-state index in [9.17, 15) is 0 Å². The van der Waals surface area contributed by atoms with Crippen LogP contribution in [-0.2, 0) is 0 Å². The van der Waals surface area contributed by atoms with Crippen molar-refractivity contribution in [2.24, 2.45) is 11.8 Å². The molecule has 0 N–H and O–H groups in total. The first kappa shape index (κ1) is 27.5. The zero-order chi connectivity index (χ0) is 27.1. The standard InChI is InChI=1S/C34H42O2P2/c1-21(2)29-19-20-30(22(3)4)36-38-32(28-17-13-10-14-18-28)24(6)26(8)34(38)33-25(7)23(5)31(37(33)35-29)27-15-11-9-12-16-27/h9-18,21-22,29-30H,19-20H2,1-8H3/t29-,30-,37?,38?/m0/s1. The molecule has 0 bridgehead atoms. The Labute approximate surface area is 231 Å². The van der Waals surface area contributed by atoms with Crippen molar-refractivity contribution in [3.05, 3.63) is 82.9 Å².